The monoisotopic (exact) mass is 367 g/mol. The lowest BCUT2D eigenvalue weighted by molar-refractivity contribution is 0.188. The maximum Gasteiger partial charge on any atom is 0.318 e. The number of halogens is 1. The van der Waals surface area contributed by atoms with Crippen LogP contribution in [-0.2, 0) is 19.4 Å². The Balaban J connectivity index is 1.73. The molecule has 1 N–H and O–H groups in total. The summed E-state index contributed by atoms with van der Waals surface area (Å²) in [5.41, 5.74) is 3.58. The normalized spacial score (nSPS) is 14.1. The van der Waals surface area contributed by atoms with Crippen LogP contribution in [0, 0.1) is 17.1 Å². The van der Waals surface area contributed by atoms with Crippen molar-refractivity contribution >= 4 is 6.03 Å². The first-order valence-corrected chi connectivity index (χ1v) is 8.89. The summed E-state index contributed by atoms with van der Waals surface area (Å²) in [4.78, 5) is 14.4. The summed E-state index contributed by atoms with van der Waals surface area (Å²) in [5.74, 6) is 0.000204. The average molecular weight is 367 g/mol. The molecule has 2 aromatic carbocycles. The molecule has 0 bridgehead atoms. The number of amides is 2. The molecule has 3 rings (SSSR count). The minimum Gasteiger partial charge on any atom is -0.496 e. The van der Waals surface area contributed by atoms with Crippen molar-refractivity contribution in [2.75, 3.05) is 13.7 Å². The molecule has 6 heteroatoms. The van der Waals surface area contributed by atoms with Crippen molar-refractivity contribution < 1.29 is 13.9 Å². The van der Waals surface area contributed by atoms with Crippen LogP contribution < -0.4 is 10.1 Å². The zero-order valence-corrected chi connectivity index (χ0v) is 15.5. The summed E-state index contributed by atoms with van der Waals surface area (Å²) in [7, 11) is 1.48. The van der Waals surface area contributed by atoms with E-state index < -0.39 is 11.9 Å². The number of hydrogen-bond donors (Lipinski definition) is 1. The molecular formula is C21H22FN3O2. The highest BCUT2D eigenvalue weighted by molar-refractivity contribution is 5.75. The number of fused-ring (bicyclic) bond motifs is 1. The maximum atomic E-state index is 14.2. The van der Waals surface area contributed by atoms with Crippen molar-refractivity contribution in [3.8, 4) is 11.8 Å². The van der Waals surface area contributed by atoms with Gasteiger partial charge in [-0.15, -0.1) is 0 Å². The van der Waals surface area contributed by atoms with Crippen LogP contribution in [0.15, 0.2) is 36.4 Å². The van der Waals surface area contributed by atoms with Gasteiger partial charge in [-0.3, -0.25) is 0 Å². The number of ether oxygens (including phenoxy) is 1. The zero-order valence-electron chi connectivity index (χ0n) is 15.5. The largest absolute Gasteiger partial charge is 0.496 e. The van der Waals surface area contributed by atoms with Crippen LogP contribution in [0.1, 0.15) is 35.2 Å². The maximum absolute atomic E-state index is 14.2. The summed E-state index contributed by atoms with van der Waals surface area (Å²) >= 11 is 0. The van der Waals surface area contributed by atoms with Crippen LogP contribution in [0.3, 0.4) is 0 Å². The molecule has 1 atom stereocenters. The molecule has 140 valence electrons. The Bertz CT molecular complexity index is 891. The van der Waals surface area contributed by atoms with E-state index in [9.17, 15) is 9.18 Å². The van der Waals surface area contributed by atoms with Gasteiger partial charge in [0.05, 0.1) is 31.2 Å². The Labute approximate surface area is 158 Å². The van der Waals surface area contributed by atoms with Crippen LogP contribution >= 0.6 is 0 Å². The number of nitrogens with one attached hydrogen (secondary N) is 1. The van der Waals surface area contributed by atoms with E-state index in [2.05, 4.69) is 11.4 Å². The van der Waals surface area contributed by atoms with Crippen molar-refractivity contribution in [2.45, 2.75) is 32.4 Å². The number of hydrogen-bond acceptors (Lipinski definition) is 3. The Morgan fingerprint density at radius 1 is 1.37 bits per heavy atom. The molecule has 0 aliphatic carbocycles. The van der Waals surface area contributed by atoms with Gasteiger partial charge < -0.3 is 15.0 Å². The third kappa shape index (κ3) is 3.87. The molecule has 1 aliphatic rings. The lowest BCUT2D eigenvalue weighted by Gasteiger charge is -2.31. The molecule has 0 aromatic heterocycles. The van der Waals surface area contributed by atoms with Crippen LogP contribution in [0.5, 0.6) is 5.75 Å². The minimum absolute atomic E-state index is 0.246. The molecule has 0 saturated carbocycles. The molecular weight excluding hydrogens is 345 g/mol. The fourth-order valence-electron chi connectivity index (χ4n) is 3.58. The number of methoxy groups -OCH3 is 1. The van der Waals surface area contributed by atoms with Crippen molar-refractivity contribution in [2.24, 2.45) is 0 Å². The summed E-state index contributed by atoms with van der Waals surface area (Å²) in [6, 6.07) is 11.9. The van der Waals surface area contributed by atoms with E-state index in [1.807, 2.05) is 18.2 Å². The molecule has 1 unspecified atom stereocenters. The van der Waals surface area contributed by atoms with Gasteiger partial charge >= 0.3 is 6.03 Å². The van der Waals surface area contributed by atoms with Gasteiger partial charge in [-0.2, -0.15) is 5.26 Å². The first kappa shape index (κ1) is 18.7. The fraction of sp³-hybridized carbons (Fsp3) is 0.333. The van der Waals surface area contributed by atoms with Gasteiger partial charge in [0.25, 0.3) is 0 Å². The van der Waals surface area contributed by atoms with E-state index in [0.29, 0.717) is 37.2 Å². The number of nitrogens with zero attached hydrogens (tertiary/aromatic N) is 2. The number of rotatable bonds is 4. The Hall–Kier alpha value is -3.07. The molecule has 0 fully saturated rings. The van der Waals surface area contributed by atoms with Crippen molar-refractivity contribution in [1.29, 1.82) is 5.26 Å². The van der Waals surface area contributed by atoms with Crippen LogP contribution in [0.2, 0.25) is 0 Å². The number of nitriles is 1. The highest BCUT2D eigenvalue weighted by Gasteiger charge is 2.25. The lowest BCUT2D eigenvalue weighted by Crippen LogP contribution is -2.43. The number of carbonyl (C=O) groups excluding carboxylic acids is 1. The standard InChI is InChI=1S/C21H22FN3O2/c1-14(20-18(22)7-4-8-19(20)27-2)24-21(26)25-12-10-17-15(9-11-23)5-3-6-16(17)13-25/h3-8,14H,9-10,12-13H2,1-2H3,(H,24,26). The van der Waals surface area contributed by atoms with E-state index in [1.54, 1.807) is 24.0 Å². The van der Waals surface area contributed by atoms with Gasteiger partial charge in [0.1, 0.15) is 11.6 Å². The van der Waals surface area contributed by atoms with E-state index in [0.717, 1.165) is 16.7 Å². The van der Waals surface area contributed by atoms with Crippen molar-refractivity contribution in [3.05, 3.63) is 64.5 Å². The molecule has 27 heavy (non-hydrogen) atoms. The first-order chi connectivity index (χ1) is 13.0. The highest BCUT2D eigenvalue weighted by atomic mass is 19.1. The number of benzene rings is 2. The second-order valence-corrected chi connectivity index (χ2v) is 6.59. The summed E-state index contributed by atoms with van der Waals surface area (Å²) in [5, 5.41) is 11.8. The Morgan fingerprint density at radius 2 is 2.15 bits per heavy atom. The van der Waals surface area contributed by atoms with Gasteiger partial charge in [-0.25, -0.2) is 9.18 Å². The predicted molar refractivity (Wildman–Crippen MR) is 99.8 cm³/mol. The Morgan fingerprint density at radius 3 is 2.89 bits per heavy atom. The average Bonchev–Trinajstić information content (AvgIpc) is 2.67. The molecule has 0 spiro atoms. The molecule has 0 saturated heterocycles. The van der Waals surface area contributed by atoms with Gasteiger partial charge in [0.2, 0.25) is 0 Å². The molecule has 1 heterocycles. The van der Waals surface area contributed by atoms with E-state index in [-0.39, 0.29) is 6.03 Å². The number of carbonyl (C=O) groups is 1. The number of urea groups is 1. The van der Waals surface area contributed by atoms with E-state index in [1.165, 1.54) is 13.2 Å². The lowest BCUT2D eigenvalue weighted by atomic mass is 9.93. The summed E-state index contributed by atoms with van der Waals surface area (Å²) < 4.78 is 19.4. The van der Waals surface area contributed by atoms with Gasteiger partial charge in [-0.05, 0) is 42.2 Å². The van der Waals surface area contributed by atoms with E-state index >= 15 is 0 Å². The van der Waals surface area contributed by atoms with Crippen LogP contribution in [0.25, 0.3) is 0 Å². The van der Waals surface area contributed by atoms with E-state index in [4.69, 9.17) is 10.00 Å². The molecule has 5 nitrogen and oxygen atoms in total. The van der Waals surface area contributed by atoms with Crippen LogP contribution in [-0.4, -0.2) is 24.6 Å². The summed E-state index contributed by atoms with van der Waals surface area (Å²) in [6.07, 6.45) is 1.08. The molecule has 0 radical (unpaired) electrons. The molecule has 1 aliphatic heterocycles. The quantitative estimate of drug-likeness (QED) is 0.895. The van der Waals surface area contributed by atoms with Crippen molar-refractivity contribution in [3.63, 3.8) is 0 Å². The SMILES string of the molecule is COc1cccc(F)c1C(C)NC(=O)N1CCc2c(CC#N)cccc2C1. The van der Waals surface area contributed by atoms with Gasteiger partial charge in [-0.1, -0.05) is 24.3 Å². The van der Waals surface area contributed by atoms with Crippen LogP contribution in [0.4, 0.5) is 9.18 Å². The third-order valence-corrected chi connectivity index (χ3v) is 4.93. The third-order valence-electron chi connectivity index (χ3n) is 4.93. The second-order valence-electron chi connectivity index (χ2n) is 6.59. The zero-order chi connectivity index (χ0) is 19.4. The Kier molecular flexibility index (Phi) is 5.60. The predicted octanol–water partition coefficient (Wildman–Crippen LogP) is 3.73. The molecule has 2 amide bonds. The van der Waals surface area contributed by atoms with Gasteiger partial charge in [0, 0.05) is 13.1 Å². The highest BCUT2D eigenvalue weighted by Crippen LogP contribution is 2.28. The second kappa shape index (κ2) is 8.09. The topological polar surface area (TPSA) is 65.4 Å². The summed E-state index contributed by atoms with van der Waals surface area (Å²) in [6.45, 7) is 2.77. The van der Waals surface area contributed by atoms with Gasteiger partial charge in [0.15, 0.2) is 0 Å². The first-order valence-electron chi connectivity index (χ1n) is 8.89. The molecule has 2 aromatic rings. The minimum atomic E-state index is -0.528. The smallest absolute Gasteiger partial charge is 0.318 e. The van der Waals surface area contributed by atoms with Crippen molar-refractivity contribution in [1.82, 2.24) is 10.2 Å². The fourth-order valence-corrected chi connectivity index (χ4v) is 3.58.